The van der Waals surface area contributed by atoms with Gasteiger partial charge in [-0.05, 0) is 73.9 Å². The van der Waals surface area contributed by atoms with Crippen LogP contribution in [0.4, 0.5) is 21.8 Å². The first-order chi connectivity index (χ1) is 17.1. The maximum Gasteiger partial charge on any atom is 0.737 e. The van der Waals surface area contributed by atoms with Crippen LogP contribution in [0.15, 0.2) is 59.8 Å². The van der Waals surface area contributed by atoms with Gasteiger partial charge >= 0.3 is 13.1 Å². The van der Waals surface area contributed by atoms with Crippen LogP contribution in [0, 0.1) is 13.8 Å². The number of rotatable bonds is 0. The van der Waals surface area contributed by atoms with E-state index in [2.05, 4.69) is 0 Å². The monoisotopic (exact) mass is 492 g/mol. The molecule has 2 aliphatic carbocycles. The standard InChI is InChI=1S/C28H22BF5N2/c1-15-3-9-21-17(11-15)5-7-19-13-23-25(28(30,31)32)24-14-20-8-6-18-12-16(2)4-10-22(18)27(20)36(24)29(33,34)35(23)26(19)21/h3-4,9-14H,5-8H2,1-2H3. The number of benzene rings is 2. The second-order valence-corrected chi connectivity index (χ2v) is 10.3. The van der Waals surface area contributed by atoms with Crippen molar-refractivity contribution >= 4 is 18.3 Å². The molecule has 2 aliphatic heterocycles. The Morgan fingerprint density at radius 2 is 1.42 bits per heavy atom. The van der Waals surface area contributed by atoms with Crippen LogP contribution in [0.5, 0.6) is 0 Å². The average Bonchev–Trinajstić information content (AvgIpc) is 3.37. The number of aryl methyl sites for hydroxylation is 5. The summed E-state index contributed by atoms with van der Waals surface area (Å²) in [5.41, 5.74) is 4.63. The topological polar surface area (TPSA) is 7.94 Å². The lowest BCUT2D eigenvalue weighted by Gasteiger charge is -2.35. The van der Waals surface area contributed by atoms with Gasteiger partial charge in [0.05, 0.1) is 0 Å². The summed E-state index contributed by atoms with van der Waals surface area (Å²) in [6.07, 6.45) is -1.36. The fourth-order valence-electron chi connectivity index (χ4n) is 6.57. The van der Waals surface area contributed by atoms with Crippen LogP contribution in [0.1, 0.15) is 45.5 Å². The van der Waals surface area contributed by atoms with E-state index < -0.39 is 30.1 Å². The number of fused-ring (bicyclic) bond motifs is 9. The Kier molecular flexibility index (Phi) is 4.17. The number of hydrogen-bond acceptors (Lipinski definition) is 0. The summed E-state index contributed by atoms with van der Waals surface area (Å²) in [7, 11) is 0. The summed E-state index contributed by atoms with van der Waals surface area (Å²) in [6, 6.07) is 12.4. The van der Waals surface area contributed by atoms with E-state index in [1.165, 1.54) is 12.1 Å². The molecule has 0 fully saturated rings. The Morgan fingerprint density at radius 3 is 2.11 bits per heavy atom. The zero-order valence-corrected chi connectivity index (χ0v) is 19.8. The van der Waals surface area contributed by atoms with Crippen molar-refractivity contribution in [1.82, 2.24) is 4.48 Å². The summed E-state index contributed by atoms with van der Waals surface area (Å²) in [5, 5.41) is 0. The maximum atomic E-state index is 16.7. The third kappa shape index (κ3) is 2.75. The van der Waals surface area contributed by atoms with E-state index in [-0.39, 0.29) is 11.4 Å². The molecule has 2 nitrogen and oxygen atoms in total. The molecule has 0 radical (unpaired) electrons. The van der Waals surface area contributed by atoms with Gasteiger partial charge in [0.15, 0.2) is 11.4 Å². The molecule has 1 aromatic heterocycles. The van der Waals surface area contributed by atoms with Gasteiger partial charge in [-0.2, -0.15) is 13.2 Å². The molecular formula is C28H22BF5N2. The first kappa shape index (κ1) is 21.8. The van der Waals surface area contributed by atoms with E-state index in [4.69, 9.17) is 0 Å². The highest BCUT2D eigenvalue weighted by atomic mass is 19.4. The Morgan fingerprint density at radius 1 is 0.806 bits per heavy atom. The van der Waals surface area contributed by atoms with Gasteiger partial charge in [-0.3, -0.25) is 0 Å². The van der Waals surface area contributed by atoms with Crippen LogP contribution in [-0.4, -0.2) is 27.8 Å². The van der Waals surface area contributed by atoms with Gasteiger partial charge in [-0.15, -0.1) is 0 Å². The van der Waals surface area contributed by atoms with Crippen molar-refractivity contribution in [3.8, 4) is 11.3 Å². The van der Waals surface area contributed by atoms with E-state index in [1.54, 1.807) is 12.1 Å². The zero-order chi connectivity index (χ0) is 25.1. The molecule has 0 bridgehead atoms. The van der Waals surface area contributed by atoms with Crippen LogP contribution in [0.2, 0.25) is 0 Å². The third-order valence-electron chi connectivity index (χ3n) is 8.01. The van der Waals surface area contributed by atoms with Crippen molar-refractivity contribution in [1.29, 1.82) is 0 Å². The van der Waals surface area contributed by atoms with Gasteiger partial charge in [0, 0.05) is 28.6 Å². The number of alkyl halides is 3. The molecule has 8 heteroatoms. The van der Waals surface area contributed by atoms with Gasteiger partial charge in [-0.1, -0.05) is 41.5 Å². The number of allylic oxidation sites excluding steroid dienone is 3. The molecule has 36 heavy (non-hydrogen) atoms. The highest BCUT2D eigenvalue weighted by molar-refractivity contribution is 6.59. The molecule has 7 rings (SSSR count). The zero-order valence-electron chi connectivity index (χ0n) is 19.8. The van der Waals surface area contributed by atoms with Gasteiger partial charge < -0.3 is 17.6 Å². The Bertz CT molecular complexity index is 1620. The molecular weight excluding hydrogens is 470 g/mol. The second kappa shape index (κ2) is 6.87. The van der Waals surface area contributed by atoms with Crippen molar-refractivity contribution in [2.75, 3.05) is 0 Å². The lowest BCUT2D eigenvalue weighted by atomic mass is 9.82. The van der Waals surface area contributed by atoms with E-state index in [1.807, 2.05) is 38.1 Å². The van der Waals surface area contributed by atoms with Gasteiger partial charge in [0.2, 0.25) is 0 Å². The van der Waals surface area contributed by atoms with Crippen molar-refractivity contribution in [2.45, 2.75) is 45.7 Å². The molecule has 3 aromatic rings. The number of halogens is 5. The molecule has 182 valence electrons. The van der Waals surface area contributed by atoms with Gasteiger partial charge in [0.1, 0.15) is 5.57 Å². The van der Waals surface area contributed by atoms with E-state index in [0.29, 0.717) is 56.9 Å². The predicted octanol–water partition coefficient (Wildman–Crippen LogP) is 6.77. The van der Waals surface area contributed by atoms with Crippen molar-refractivity contribution < 1.29 is 26.3 Å². The van der Waals surface area contributed by atoms with Crippen LogP contribution in [0.3, 0.4) is 0 Å². The minimum absolute atomic E-state index is 0.214. The Labute approximate surface area is 205 Å². The normalized spacial score (nSPS) is 19.2. The summed E-state index contributed by atoms with van der Waals surface area (Å²) < 4.78 is 78.9. The largest absolute Gasteiger partial charge is 0.737 e. The smallest absolute Gasteiger partial charge is 0.389 e. The number of aromatic nitrogens is 1. The quantitative estimate of drug-likeness (QED) is 0.242. The Hall–Kier alpha value is -3.42. The molecule has 0 N–H and O–H groups in total. The van der Waals surface area contributed by atoms with Gasteiger partial charge in [0.25, 0.3) is 0 Å². The number of hydrogen-bond donors (Lipinski definition) is 0. The SMILES string of the molecule is Cc1ccc2c(c1)CCC1=CC3=C(C(F)(F)F)c4cc5c(n4[B-](F)(F)[N+]3=C12)-c1ccc(C)cc1CC5. The lowest BCUT2D eigenvalue weighted by molar-refractivity contribution is -0.362. The molecule has 4 aliphatic rings. The predicted molar refractivity (Wildman–Crippen MR) is 130 cm³/mol. The molecule has 2 aromatic carbocycles. The summed E-state index contributed by atoms with van der Waals surface area (Å²) in [6.45, 7) is -0.742. The van der Waals surface area contributed by atoms with E-state index in [0.717, 1.165) is 22.3 Å². The summed E-state index contributed by atoms with van der Waals surface area (Å²) in [5.74, 6) is 0. The van der Waals surface area contributed by atoms with Crippen molar-refractivity contribution in [3.05, 3.63) is 98.9 Å². The van der Waals surface area contributed by atoms with E-state index >= 15 is 8.63 Å². The molecule has 0 atom stereocenters. The van der Waals surface area contributed by atoms with Crippen LogP contribution in [-0.2, 0) is 19.3 Å². The second-order valence-electron chi connectivity index (χ2n) is 10.3. The fraction of sp³-hybridized carbons (Fsp3) is 0.250. The molecule has 0 amide bonds. The molecule has 3 heterocycles. The maximum absolute atomic E-state index is 16.7. The van der Waals surface area contributed by atoms with E-state index in [9.17, 15) is 13.2 Å². The van der Waals surface area contributed by atoms with Crippen LogP contribution >= 0.6 is 0 Å². The first-order valence-corrected chi connectivity index (χ1v) is 12.2. The minimum atomic E-state index is -4.80. The molecule has 0 spiro atoms. The summed E-state index contributed by atoms with van der Waals surface area (Å²) in [4.78, 5) is 0. The third-order valence-corrected chi connectivity index (χ3v) is 8.01. The van der Waals surface area contributed by atoms with Crippen molar-refractivity contribution in [2.24, 2.45) is 0 Å². The average molecular weight is 492 g/mol. The highest BCUT2D eigenvalue weighted by Crippen LogP contribution is 2.50. The van der Waals surface area contributed by atoms with Crippen molar-refractivity contribution in [3.63, 3.8) is 0 Å². The molecule has 0 saturated heterocycles. The molecule has 0 unspecified atom stereocenters. The Balaban J connectivity index is 1.60. The lowest BCUT2D eigenvalue weighted by Crippen LogP contribution is -2.52. The highest BCUT2D eigenvalue weighted by Gasteiger charge is 2.60. The van der Waals surface area contributed by atoms with Crippen LogP contribution < -0.4 is 0 Å². The minimum Gasteiger partial charge on any atom is -0.389 e. The molecule has 0 saturated carbocycles. The van der Waals surface area contributed by atoms with Crippen LogP contribution in [0.25, 0.3) is 16.8 Å². The summed E-state index contributed by atoms with van der Waals surface area (Å²) >= 11 is 0. The fourth-order valence-corrected chi connectivity index (χ4v) is 6.57. The van der Waals surface area contributed by atoms with Gasteiger partial charge in [-0.25, -0.2) is 0 Å². The first-order valence-electron chi connectivity index (χ1n) is 12.2. The number of nitrogens with zero attached hydrogens (tertiary/aromatic N) is 2.